The number of hydrogen-bond donors (Lipinski definition) is 0. The molecule has 15 rings (SSSR count). The Bertz CT molecular complexity index is 3320. The van der Waals surface area contributed by atoms with E-state index >= 15 is 0 Å². The lowest BCUT2D eigenvalue weighted by molar-refractivity contribution is -0.0399. The SMILES string of the molecule is CC1(C)c2ccccc2-c2cccc(-c3ccc(N(c4ccc5c(c4)C4(c6ccccc6-5)C5CC6CC(C5)CC4C6)c4ccccc4-c4cccc5oc6ccccc6c45)cc3)c21. The Hall–Kier alpha value is -6.64. The second-order valence-electron chi connectivity index (χ2n) is 20.0. The summed E-state index contributed by atoms with van der Waals surface area (Å²) in [6.07, 6.45) is 6.92. The highest BCUT2D eigenvalue weighted by Gasteiger charge is 2.61. The third-order valence-electron chi connectivity index (χ3n) is 16.7. The van der Waals surface area contributed by atoms with Crippen LogP contribution < -0.4 is 4.90 Å². The lowest BCUT2D eigenvalue weighted by atomic mass is 9.43. The van der Waals surface area contributed by atoms with Gasteiger partial charge in [0.1, 0.15) is 11.2 Å². The van der Waals surface area contributed by atoms with Gasteiger partial charge in [0.05, 0.1) is 5.69 Å². The Labute approximate surface area is 369 Å². The van der Waals surface area contributed by atoms with Crippen LogP contribution in [0.2, 0.25) is 0 Å². The quantitative estimate of drug-likeness (QED) is 0.172. The molecule has 6 aliphatic rings. The number of furan rings is 1. The Balaban J connectivity index is 0.977. The molecule has 0 N–H and O–H groups in total. The highest BCUT2D eigenvalue weighted by molar-refractivity contribution is 6.14. The minimum atomic E-state index is -0.0969. The first-order valence-corrected chi connectivity index (χ1v) is 23.3. The maximum Gasteiger partial charge on any atom is 0.136 e. The fourth-order valence-electron chi connectivity index (χ4n) is 14.5. The van der Waals surface area contributed by atoms with Crippen molar-refractivity contribution in [1.82, 2.24) is 0 Å². The molecule has 1 heterocycles. The highest BCUT2D eigenvalue weighted by Crippen LogP contribution is 2.69. The molecule has 4 saturated carbocycles. The molecule has 63 heavy (non-hydrogen) atoms. The van der Waals surface area contributed by atoms with Gasteiger partial charge in [0, 0.05) is 38.5 Å². The topological polar surface area (TPSA) is 16.4 Å². The lowest BCUT2D eigenvalue weighted by Crippen LogP contribution is -2.55. The molecule has 0 atom stereocenters. The summed E-state index contributed by atoms with van der Waals surface area (Å²) in [5, 5.41) is 2.31. The summed E-state index contributed by atoms with van der Waals surface area (Å²) in [5.74, 6) is 3.18. The summed E-state index contributed by atoms with van der Waals surface area (Å²) in [6.45, 7) is 4.78. The van der Waals surface area contributed by atoms with Crippen molar-refractivity contribution in [1.29, 1.82) is 0 Å². The Kier molecular flexibility index (Phi) is 7.38. The van der Waals surface area contributed by atoms with Gasteiger partial charge in [0.2, 0.25) is 0 Å². The summed E-state index contributed by atoms with van der Waals surface area (Å²) < 4.78 is 6.48. The van der Waals surface area contributed by atoms with Crippen molar-refractivity contribution in [3.63, 3.8) is 0 Å². The first-order valence-electron chi connectivity index (χ1n) is 23.3. The fraction of sp³-hybridized carbons (Fsp3) is 0.213. The van der Waals surface area contributed by atoms with Crippen molar-refractivity contribution < 1.29 is 4.42 Å². The second kappa shape index (κ2) is 13.0. The molecule has 4 bridgehead atoms. The fourth-order valence-corrected chi connectivity index (χ4v) is 14.5. The van der Waals surface area contributed by atoms with Gasteiger partial charge in [0.25, 0.3) is 0 Å². The van der Waals surface area contributed by atoms with Crippen LogP contribution >= 0.6 is 0 Å². The van der Waals surface area contributed by atoms with Crippen molar-refractivity contribution in [2.75, 3.05) is 4.90 Å². The molecule has 0 aliphatic heterocycles. The van der Waals surface area contributed by atoms with Gasteiger partial charge >= 0.3 is 0 Å². The van der Waals surface area contributed by atoms with E-state index in [4.69, 9.17) is 4.42 Å². The first-order chi connectivity index (χ1) is 31.0. The largest absolute Gasteiger partial charge is 0.456 e. The highest BCUT2D eigenvalue weighted by atomic mass is 16.3. The van der Waals surface area contributed by atoms with Crippen molar-refractivity contribution in [3.8, 4) is 44.5 Å². The maximum atomic E-state index is 6.48. The zero-order valence-corrected chi connectivity index (χ0v) is 35.9. The van der Waals surface area contributed by atoms with E-state index in [1.54, 1.807) is 11.1 Å². The standard InChI is InChI=1S/C61H49NO/c1-60(2)52-20-7-3-14-46(52)50-19-11-17-44(59(50)60)39-25-27-42(28-26-39)62(55-22-9-5-15-48(55)49-18-12-24-57-58(49)51-16-6-10-23-56(51)63-57)43-29-30-47-45-13-4-8-21-53(45)61(54(47)36-43)40-32-37-31-38(34-40)35-41(61)33-37/h3-30,36-38,40-41H,31-35H2,1-2H3. The summed E-state index contributed by atoms with van der Waals surface area (Å²) >= 11 is 0. The molecule has 0 saturated heterocycles. The minimum Gasteiger partial charge on any atom is -0.456 e. The number of fused-ring (bicyclic) bond motifs is 9. The number of nitrogens with zero attached hydrogens (tertiary/aromatic N) is 1. The Morgan fingerprint density at radius 2 is 1.02 bits per heavy atom. The van der Waals surface area contributed by atoms with Crippen LogP contribution in [-0.2, 0) is 10.8 Å². The number of para-hydroxylation sites is 2. The molecule has 8 aromatic carbocycles. The zero-order valence-electron chi connectivity index (χ0n) is 35.9. The van der Waals surface area contributed by atoms with Crippen molar-refractivity contribution in [2.24, 2.45) is 23.7 Å². The number of benzene rings is 8. The lowest BCUT2D eigenvalue weighted by Gasteiger charge is -2.61. The summed E-state index contributed by atoms with van der Waals surface area (Å²) in [5.41, 5.74) is 21.9. The van der Waals surface area contributed by atoms with Crippen LogP contribution in [0.5, 0.6) is 0 Å². The molecular formula is C61H49NO. The van der Waals surface area contributed by atoms with Gasteiger partial charge in [0.15, 0.2) is 0 Å². The van der Waals surface area contributed by atoms with E-state index in [-0.39, 0.29) is 10.8 Å². The van der Waals surface area contributed by atoms with Crippen LogP contribution in [0.25, 0.3) is 66.4 Å². The monoisotopic (exact) mass is 811 g/mol. The molecule has 1 spiro atoms. The summed E-state index contributed by atoms with van der Waals surface area (Å²) in [4.78, 5) is 2.56. The number of rotatable bonds is 5. The van der Waals surface area contributed by atoms with Crippen molar-refractivity contribution in [2.45, 2.75) is 56.8 Å². The van der Waals surface area contributed by atoms with Crippen LogP contribution in [0.15, 0.2) is 180 Å². The van der Waals surface area contributed by atoms with E-state index in [1.807, 2.05) is 0 Å². The smallest absolute Gasteiger partial charge is 0.136 e. The summed E-state index contributed by atoms with van der Waals surface area (Å²) in [7, 11) is 0. The van der Waals surface area contributed by atoms with Crippen LogP contribution in [0, 0.1) is 23.7 Å². The molecule has 4 fully saturated rings. The zero-order chi connectivity index (χ0) is 41.6. The molecule has 1 aromatic heterocycles. The second-order valence-corrected chi connectivity index (χ2v) is 20.0. The average molecular weight is 812 g/mol. The minimum absolute atomic E-state index is 0.0732. The summed E-state index contributed by atoms with van der Waals surface area (Å²) in [6, 6.07) is 66.4. The van der Waals surface area contributed by atoms with Gasteiger partial charge in [-0.3, -0.25) is 0 Å². The van der Waals surface area contributed by atoms with Gasteiger partial charge < -0.3 is 9.32 Å². The molecule has 6 aliphatic carbocycles. The average Bonchev–Trinajstić information content (AvgIpc) is 3.92. The van der Waals surface area contributed by atoms with Gasteiger partial charge in [-0.15, -0.1) is 0 Å². The molecule has 2 nitrogen and oxygen atoms in total. The van der Waals surface area contributed by atoms with Crippen molar-refractivity contribution >= 4 is 39.0 Å². The van der Waals surface area contributed by atoms with Crippen LogP contribution in [-0.4, -0.2) is 0 Å². The van der Waals surface area contributed by atoms with Crippen LogP contribution in [0.1, 0.15) is 68.2 Å². The first kappa shape index (κ1) is 35.9. The number of hydrogen-bond acceptors (Lipinski definition) is 2. The van der Waals surface area contributed by atoms with E-state index in [2.05, 4.69) is 195 Å². The molecule has 9 aromatic rings. The van der Waals surface area contributed by atoms with E-state index in [0.717, 1.165) is 45.1 Å². The maximum absolute atomic E-state index is 6.48. The third kappa shape index (κ3) is 4.85. The van der Waals surface area contributed by atoms with Crippen LogP contribution in [0.4, 0.5) is 17.1 Å². The van der Waals surface area contributed by atoms with E-state index in [9.17, 15) is 0 Å². The predicted octanol–water partition coefficient (Wildman–Crippen LogP) is 16.4. The molecule has 0 radical (unpaired) electrons. The predicted molar refractivity (Wildman–Crippen MR) is 260 cm³/mol. The molecule has 304 valence electrons. The van der Waals surface area contributed by atoms with E-state index in [0.29, 0.717) is 11.8 Å². The van der Waals surface area contributed by atoms with E-state index < -0.39 is 0 Å². The normalized spacial score (nSPS) is 23.0. The van der Waals surface area contributed by atoms with Crippen LogP contribution in [0.3, 0.4) is 0 Å². The van der Waals surface area contributed by atoms with Gasteiger partial charge in [-0.25, -0.2) is 0 Å². The van der Waals surface area contributed by atoms with Gasteiger partial charge in [-0.1, -0.05) is 147 Å². The van der Waals surface area contributed by atoms with Gasteiger partial charge in [-0.05, 0) is 159 Å². The molecule has 2 heteroatoms. The number of anilines is 3. The molecular weight excluding hydrogens is 763 g/mol. The Morgan fingerprint density at radius 3 is 1.81 bits per heavy atom. The van der Waals surface area contributed by atoms with E-state index in [1.165, 1.54) is 93.4 Å². The molecule has 0 amide bonds. The molecule has 0 unspecified atom stereocenters. The van der Waals surface area contributed by atoms with Crippen molar-refractivity contribution in [3.05, 3.63) is 198 Å². The van der Waals surface area contributed by atoms with Gasteiger partial charge in [-0.2, -0.15) is 0 Å². The third-order valence-corrected chi connectivity index (χ3v) is 16.7. The Morgan fingerprint density at radius 1 is 0.444 bits per heavy atom.